The van der Waals surface area contributed by atoms with Crippen LogP contribution in [0.4, 0.5) is 13.2 Å². The zero-order chi connectivity index (χ0) is 14.8. The Hall–Kier alpha value is -2.02. The lowest BCUT2D eigenvalue weighted by Gasteiger charge is -2.14. The zero-order valence-corrected chi connectivity index (χ0v) is 11.0. The van der Waals surface area contributed by atoms with E-state index >= 15 is 0 Å². The third-order valence-corrected chi connectivity index (χ3v) is 2.64. The molecule has 1 heterocycles. The standard InChI is InChI=1S/C13H14F3N3O/c1-17-6-9-3-4-12(11(5-9)13(14,15)16)20-10-7-18-19(2)8-10/h3-5,7-8,17H,6H2,1-2H3. The van der Waals surface area contributed by atoms with E-state index in [-0.39, 0.29) is 11.5 Å². The number of hydrogen-bond donors (Lipinski definition) is 1. The average molecular weight is 285 g/mol. The van der Waals surface area contributed by atoms with Gasteiger partial charge >= 0.3 is 6.18 Å². The molecule has 0 fully saturated rings. The van der Waals surface area contributed by atoms with Gasteiger partial charge in [0, 0.05) is 13.6 Å². The van der Waals surface area contributed by atoms with Crippen molar-refractivity contribution < 1.29 is 17.9 Å². The number of hydrogen-bond acceptors (Lipinski definition) is 3. The molecule has 0 saturated heterocycles. The SMILES string of the molecule is CNCc1ccc(Oc2cnn(C)c2)c(C(F)(F)F)c1. The van der Waals surface area contributed by atoms with Crippen LogP contribution in [-0.4, -0.2) is 16.8 Å². The largest absolute Gasteiger partial charge is 0.453 e. The highest BCUT2D eigenvalue weighted by Crippen LogP contribution is 2.38. The number of nitrogens with zero attached hydrogens (tertiary/aromatic N) is 2. The fourth-order valence-electron chi connectivity index (χ4n) is 1.78. The second-order valence-electron chi connectivity index (χ2n) is 4.31. The summed E-state index contributed by atoms with van der Waals surface area (Å²) >= 11 is 0. The van der Waals surface area contributed by atoms with Gasteiger partial charge in [0.1, 0.15) is 5.75 Å². The molecule has 4 nitrogen and oxygen atoms in total. The smallest absolute Gasteiger partial charge is 0.419 e. The predicted octanol–water partition coefficient (Wildman–Crippen LogP) is 2.95. The summed E-state index contributed by atoms with van der Waals surface area (Å²) in [5, 5.41) is 6.67. The Morgan fingerprint density at radius 2 is 2.10 bits per heavy atom. The van der Waals surface area contributed by atoms with Gasteiger partial charge in [-0.05, 0) is 24.7 Å². The molecule has 0 aliphatic carbocycles. The average Bonchev–Trinajstić information content (AvgIpc) is 2.76. The van der Waals surface area contributed by atoms with E-state index in [1.165, 1.54) is 23.1 Å². The van der Waals surface area contributed by atoms with Crippen molar-refractivity contribution in [3.63, 3.8) is 0 Å². The van der Waals surface area contributed by atoms with E-state index in [1.807, 2.05) is 0 Å². The summed E-state index contributed by atoms with van der Waals surface area (Å²) in [6.07, 6.45) is -1.61. The fourth-order valence-corrected chi connectivity index (χ4v) is 1.78. The highest BCUT2D eigenvalue weighted by Gasteiger charge is 2.34. The summed E-state index contributed by atoms with van der Waals surface area (Å²) in [6.45, 7) is 0.357. The highest BCUT2D eigenvalue weighted by atomic mass is 19.4. The van der Waals surface area contributed by atoms with Gasteiger partial charge < -0.3 is 10.1 Å². The lowest BCUT2D eigenvalue weighted by Crippen LogP contribution is -2.10. The van der Waals surface area contributed by atoms with E-state index in [2.05, 4.69) is 10.4 Å². The van der Waals surface area contributed by atoms with Crippen LogP contribution >= 0.6 is 0 Å². The lowest BCUT2D eigenvalue weighted by molar-refractivity contribution is -0.138. The molecule has 2 rings (SSSR count). The van der Waals surface area contributed by atoms with Crippen molar-refractivity contribution >= 4 is 0 Å². The normalized spacial score (nSPS) is 11.7. The third-order valence-electron chi connectivity index (χ3n) is 2.64. The molecule has 0 unspecified atom stereocenters. The number of halogens is 3. The summed E-state index contributed by atoms with van der Waals surface area (Å²) in [5.74, 6) is 0.0321. The number of ether oxygens (including phenoxy) is 1. The van der Waals surface area contributed by atoms with Gasteiger partial charge in [-0.15, -0.1) is 0 Å². The molecule has 0 aliphatic heterocycles. The zero-order valence-electron chi connectivity index (χ0n) is 11.0. The molecule has 0 bridgehead atoms. The molecule has 2 aromatic rings. The van der Waals surface area contributed by atoms with Crippen LogP contribution in [-0.2, 0) is 19.8 Å². The highest BCUT2D eigenvalue weighted by molar-refractivity contribution is 5.41. The van der Waals surface area contributed by atoms with Gasteiger partial charge in [0.15, 0.2) is 5.75 Å². The molecule has 1 N–H and O–H groups in total. The number of aromatic nitrogens is 2. The first-order valence-electron chi connectivity index (χ1n) is 5.91. The van der Waals surface area contributed by atoms with E-state index in [1.54, 1.807) is 20.2 Å². The Morgan fingerprint density at radius 1 is 1.35 bits per heavy atom. The first-order valence-corrected chi connectivity index (χ1v) is 5.91. The maximum Gasteiger partial charge on any atom is 0.419 e. The number of alkyl halides is 3. The molecule has 0 saturated carbocycles. The number of rotatable bonds is 4. The lowest BCUT2D eigenvalue weighted by atomic mass is 10.1. The fraction of sp³-hybridized carbons (Fsp3) is 0.308. The minimum absolute atomic E-state index is 0.231. The van der Waals surface area contributed by atoms with Crippen LogP contribution in [0.25, 0.3) is 0 Å². The molecule has 0 aliphatic rings. The van der Waals surface area contributed by atoms with Crippen molar-refractivity contribution in [3.05, 3.63) is 41.7 Å². The number of benzene rings is 1. The van der Waals surface area contributed by atoms with Crippen molar-refractivity contribution in [2.75, 3.05) is 7.05 Å². The second kappa shape index (κ2) is 5.54. The first-order chi connectivity index (χ1) is 9.40. The molecule has 1 aromatic carbocycles. The van der Waals surface area contributed by atoms with Gasteiger partial charge in [0.05, 0.1) is 18.0 Å². The Balaban J connectivity index is 2.36. The van der Waals surface area contributed by atoms with Crippen molar-refractivity contribution in [2.45, 2.75) is 12.7 Å². The quantitative estimate of drug-likeness (QED) is 0.938. The Kier molecular flexibility index (Phi) is 3.99. The Labute approximate surface area is 114 Å². The Bertz CT molecular complexity index is 593. The van der Waals surface area contributed by atoms with Gasteiger partial charge in [-0.3, -0.25) is 4.68 Å². The summed E-state index contributed by atoms with van der Waals surface area (Å²) < 4.78 is 45.9. The van der Waals surface area contributed by atoms with Crippen LogP contribution in [0.15, 0.2) is 30.6 Å². The summed E-state index contributed by atoms with van der Waals surface area (Å²) in [7, 11) is 3.33. The third kappa shape index (κ3) is 3.30. The van der Waals surface area contributed by atoms with Crippen LogP contribution in [0.2, 0.25) is 0 Å². The van der Waals surface area contributed by atoms with E-state index in [0.717, 1.165) is 6.07 Å². The van der Waals surface area contributed by atoms with Gasteiger partial charge in [-0.25, -0.2) is 0 Å². The van der Waals surface area contributed by atoms with Crippen molar-refractivity contribution in [2.24, 2.45) is 7.05 Å². The Morgan fingerprint density at radius 3 is 2.65 bits per heavy atom. The van der Waals surface area contributed by atoms with Gasteiger partial charge in [0.25, 0.3) is 0 Å². The minimum Gasteiger partial charge on any atom is -0.453 e. The van der Waals surface area contributed by atoms with Gasteiger partial charge in [0.2, 0.25) is 0 Å². The molecule has 20 heavy (non-hydrogen) atoms. The monoisotopic (exact) mass is 285 g/mol. The van der Waals surface area contributed by atoms with E-state index < -0.39 is 11.7 Å². The second-order valence-corrected chi connectivity index (χ2v) is 4.31. The van der Waals surface area contributed by atoms with Crippen molar-refractivity contribution in [1.29, 1.82) is 0 Å². The molecule has 0 radical (unpaired) electrons. The summed E-state index contributed by atoms with van der Waals surface area (Å²) in [6, 6.07) is 4.00. The molecule has 108 valence electrons. The number of nitrogens with one attached hydrogen (secondary N) is 1. The van der Waals surface area contributed by atoms with Gasteiger partial charge in [-0.1, -0.05) is 6.07 Å². The van der Waals surface area contributed by atoms with E-state index in [4.69, 9.17) is 4.74 Å². The maximum atomic E-state index is 13.1. The van der Waals surface area contributed by atoms with Crippen molar-refractivity contribution in [3.8, 4) is 11.5 Å². The van der Waals surface area contributed by atoms with Crippen LogP contribution in [0.3, 0.4) is 0 Å². The molecular weight excluding hydrogens is 271 g/mol. The molecule has 0 spiro atoms. The van der Waals surface area contributed by atoms with Crippen LogP contribution < -0.4 is 10.1 Å². The van der Waals surface area contributed by atoms with E-state index in [9.17, 15) is 13.2 Å². The van der Waals surface area contributed by atoms with Gasteiger partial charge in [-0.2, -0.15) is 18.3 Å². The van der Waals surface area contributed by atoms with E-state index in [0.29, 0.717) is 12.1 Å². The predicted molar refractivity (Wildman–Crippen MR) is 67.5 cm³/mol. The minimum atomic E-state index is -4.47. The number of aryl methyl sites for hydroxylation is 1. The molecule has 7 heteroatoms. The molecule has 0 atom stereocenters. The van der Waals surface area contributed by atoms with Crippen LogP contribution in [0.1, 0.15) is 11.1 Å². The van der Waals surface area contributed by atoms with Crippen LogP contribution in [0.5, 0.6) is 11.5 Å². The summed E-state index contributed by atoms with van der Waals surface area (Å²) in [4.78, 5) is 0. The topological polar surface area (TPSA) is 39.1 Å². The molecule has 0 amide bonds. The van der Waals surface area contributed by atoms with Crippen molar-refractivity contribution in [1.82, 2.24) is 15.1 Å². The van der Waals surface area contributed by atoms with Crippen LogP contribution in [0, 0.1) is 0 Å². The molecular formula is C13H14F3N3O. The first kappa shape index (κ1) is 14.4. The summed E-state index contributed by atoms with van der Waals surface area (Å²) in [5.41, 5.74) is -0.257. The maximum absolute atomic E-state index is 13.1. The molecule has 1 aromatic heterocycles.